The van der Waals surface area contributed by atoms with Crippen LogP contribution in [0.25, 0.3) is 0 Å². The first-order valence-electron chi connectivity index (χ1n) is 8.03. The number of para-hydroxylation sites is 1. The Bertz CT molecular complexity index is 513. The summed E-state index contributed by atoms with van der Waals surface area (Å²) < 4.78 is 0. The molecule has 21 heavy (non-hydrogen) atoms. The maximum Gasteiger partial charge on any atom is 0.242 e. The van der Waals surface area contributed by atoms with E-state index >= 15 is 0 Å². The molecule has 2 aliphatic rings. The van der Waals surface area contributed by atoms with Crippen molar-refractivity contribution < 1.29 is 4.79 Å². The molecule has 0 saturated heterocycles. The molecule has 1 aromatic rings. The highest BCUT2D eigenvalue weighted by Crippen LogP contribution is 2.33. The van der Waals surface area contributed by atoms with Gasteiger partial charge in [0.25, 0.3) is 0 Å². The van der Waals surface area contributed by atoms with Gasteiger partial charge in [-0.2, -0.15) is 0 Å². The van der Waals surface area contributed by atoms with Gasteiger partial charge in [-0.25, -0.2) is 0 Å². The summed E-state index contributed by atoms with van der Waals surface area (Å²) in [6.45, 7) is 4.56. The van der Waals surface area contributed by atoms with Crippen molar-refractivity contribution in [2.75, 3.05) is 31.6 Å². The number of benzene rings is 1. The second-order valence-electron chi connectivity index (χ2n) is 6.12. The second-order valence-corrected chi connectivity index (χ2v) is 6.12. The Balaban J connectivity index is 1.74. The lowest BCUT2D eigenvalue weighted by atomic mass is 9.96. The van der Waals surface area contributed by atoms with E-state index < -0.39 is 0 Å². The molecular formula is C17H25N3O. The number of carbonyl (C=O) groups is 1. The molecule has 3 rings (SSSR count). The minimum Gasteiger partial charge on any atom is -0.362 e. The molecule has 1 atom stereocenters. The van der Waals surface area contributed by atoms with Crippen molar-refractivity contribution in [3.8, 4) is 0 Å². The van der Waals surface area contributed by atoms with Gasteiger partial charge in [-0.3, -0.25) is 4.79 Å². The molecule has 0 spiro atoms. The van der Waals surface area contributed by atoms with Gasteiger partial charge in [-0.15, -0.1) is 0 Å². The van der Waals surface area contributed by atoms with Gasteiger partial charge in [0, 0.05) is 31.4 Å². The molecule has 0 aromatic heterocycles. The number of amides is 1. The maximum absolute atomic E-state index is 12.4. The fraction of sp³-hybridized carbons (Fsp3) is 0.588. The van der Waals surface area contributed by atoms with Crippen LogP contribution >= 0.6 is 0 Å². The van der Waals surface area contributed by atoms with Crippen LogP contribution in [0, 0.1) is 0 Å². The SMILES string of the molecule is CCNC1CCN(CC(=O)N(C)C2CC2)c2ccccc21. The van der Waals surface area contributed by atoms with E-state index in [1.54, 1.807) is 0 Å². The molecule has 4 nitrogen and oxygen atoms in total. The Labute approximate surface area is 127 Å². The molecule has 1 aromatic carbocycles. The zero-order chi connectivity index (χ0) is 14.8. The minimum atomic E-state index is 0.245. The Kier molecular flexibility index (Phi) is 4.15. The fourth-order valence-electron chi connectivity index (χ4n) is 3.19. The molecule has 1 aliphatic carbocycles. The predicted octanol–water partition coefficient (Wildman–Crippen LogP) is 2.17. The third-order valence-corrected chi connectivity index (χ3v) is 4.61. The fourth-order valence-corrected chi connectivity index (χ4v) is 3.19. The van der Waals surface area contributed by atoms with Crippen LogP contribution in [0.2, 0.25) is 0 Å². The first-order chi connectivity index (χ1) is 10.2. The molecule has 0 bridgehead atoms. The van der Waals surface area contributed by atoms with E-state index in [0.29, 0.717) is 18.6 Å². The molecule has 1 amide bonds. The number of rotatable bonds is 5. The van der Waals surface area contributed by atoms with Crippen molar-refractivity contribution in [1.29, 1.82) is 0 Å². The summed E-state index contributed by atoms with van der Waals surface area (Å²) in [4.78, 5) is 16.5. The van der Waals surface area contributed by atoms with Crippen LogP contribution in [-0.4, -0.2) is 43.5 Å². The average molecular weight is 287 g/mol. The van der Waals surface area contributed by atoms with Crippen molar-refractivity contribution in [2.24, 2.45) is 0 Å². The van der Waals surface area contributed by atoms with E-state index in [-0.39, 0.29) is 5.91 Å². The number of nitrogens with zero attached hydrogens (tertiary/aromatic N) is 2. The molecule has 1 aliphatic heterocycles. The zero-order valence-corrected chi connectivity index (χ0v) is 13.0. The van der Waals surface area contributed by atoms with E-state index in [1.807, 2.05) is 11.9 Å². The molecule has 1 unspecified atom stereocenters. The van der Waals surface area contributed by atoms with Gasteiger partial charge < -0.3 is 15.1 Å². The third kappa shape index (κ3) is 3.05. The highest BCUT2D eigenvalue weighted by Gasteiger charge is 2.31. The number of nitrogens with one attached hydrogen (secondary N) is 1. The van der Waals surface area contributed by atoms with Gasteiger partial charge >= 0.3 is 0 Å². The average Bonchev–Trinajstić information content (AvgIpc) is 3.34. The van der Waals surface area contributed by atoms with Crippen LogP contribution in [0.5, 0.6) is 0 Å². The van der Waals surface area contributed by atoms with Crippen molar-refractivity contribution in [1.82, 2.24) is 10.2 Å². The van der Waals surface area contributed by atoms with E-state index in [9.17, 15) is 4.79 Å². The number of anilines is 1. The molecule has 1 saturated carbocycles. The topological polar surface area (TPSA) is 35.6 Å². The van der Waals surface area contributed by atoms with Crippen LogP contribution < -0.4 is 10.2 Å². The lowest BCUT2D eigenvalue weighted by Crippen LogP contribution is -2.43. The van der Waals surface area contributed by atoms with E-state index in [0.717, 1.165) is 19.5 Å². The van der Waals surface area contributed by atoms with Gasteiger partial charge in [0.1, 0.15) is 0 Å². The maximum atomic E-state index is 12.4. The smallest absolute Gasteiger partial charge is 0.242 e. The van der Waals surface area contributed by atoms with Crippen molar-refractivity contribution in [3.05, 3.63) is 29.8 Å². The van der Waals surface area contributed by atoms with Crippen LogP contribution in [-0.2, 0) is 4.79 Å². The Morgan fingerprint density at radius 2 is 2.10 bits per heavy atom. The van der Waals surface area contributed by atoms with Gasteiger partial charge in [0.05, 0.1) is 6.54 Å². The number of carbonyl (C=O) groups excluding carboxylic acids is 1. The standard InChI is InChI=1S/C17H25N3O/c1-3-18-15-10-11-20(16-7-5-4-6-14(15)16)12-17(21)19(2)13-8-9-13/h4-7,13,15,18H,3,8-12H2,1-2H3. The van der Waals surface area contributed by atoms with Gasteiger partial charge in [0.15, 0.2) is 0 Å². The number of hydrogen-bond donors (Lipinski definition) is 1. The summed E-state index contributed by atoms with van der Waals surface area (Å²) >= 11 is 0. The van der Waals surface area contributed by atoms with Crippen molar-refractivity contribution in [3.63, 3.8) is 0 Å². The third-order valence-electron chi connectivity index (χ3n) is 4.61. The summed E-state index contributed by atoms with van der Waals surface area (Å²) in [5.41, 5.74) is 2.54. The number of likely N-dealkylation sites (N-methyl/N-ethyl adjacent to an activating group) is 1. The molecule has 1 N–H and O–H groups in total. The van der Waals surface area contributed by atoms with Crippen LogP contribution in [0.4, 0.5) is 5.69 Å². The van der Waals surface area contributed by atoms with Crippen molar-refractivity contribution >= 4 is 11.6 Å². The highest BCUT2D eigenvalue weighted by atomic mass is 16.2. The molecule has 1 fully saturated rings. The monoisotopic (exact) mass is 287 g/mol. The van der Waals surface area contributed by atoms with Crippen molar-refractivity contribution in [2.45, 2.75) is 38.3 Å². The molecule has 114 valence electrons. The van der Waals surface area contributed by atoms with Crippen LogP contribution in [0.1, 0.15) is 37.8 Å². The molecule has 1 heterocycles. The van der Waals surface area contributed by atoms with E-state index in [4.69, 9.17) is 0 Å². The Morgan fingerprint density at radius 1 is 1.33 bits per heavy atom. The molecule has 4 heteroatoms. The summed E-state index contributed by atoms with van der Waals surface area (Å²) in [5.74, 6) is 0.245. The minimum absolute atomic E-state index is 0.245. The largest absolute Gasteiger partial charge is 0.362 e. The first-order valence-corrected chi connectivity index (χ1v) is 8.03. The van der Waals surface area contributed by atoms with Crippen LogP contribution in [0.3, 0.4) is 0 Å². The van der Waals surface area contributed by atoms with E-state index in [1.165, 1.54) is 24.1 Å². The predicted molar refractivity (Wildman–Crippen MR) is 85.5 cm³/mol. The summed E-state index contributed by atoms with van der Waals surface area (Å²) in [7, 11) is 1.94. The highest BCUT2D eigenvalue weighted by molar-refractivity contribution is 5.82. The Morgan fingerprint density at radius 3 is 2.81 bits per heavy atom. The number of fused-ring (bicyclic) bond motifs is 1. The zero-order valence-electron chi connectivity index (χ0n) is 13.0. The molecule has 0 radical (unpaired) electrons. The quantitative estimate of drug-likeness (QED) is 0.901. The molecular weight excluding hydrogens is 262 g/mol. The summed E-state index contributed by atoms with van der Waals surface area (Å²) in [5, 5.41) is 3.54. The second kappa shape index (κ2) is 6.06. The Hall–Kier alpha value is -1.55. The normalized spacial score (nSPS) is 21.0. The van der Waals surface area contributed by atoms with Crippen LogP contribution in [0.15, 0.2) is 24.3 Å². The van der Waals surface area contributed by atoms with Gasteiger partial charge in [-0.1, -0.05) is 25.1 Å². The van der Waals surface area contributed by atoms with E-state index in [2.05, 4.69) is 41.4 Å². The lowest BCUT2D eigenvalue weighted by molar-refractivity contribution is -0.128. The summed E-state index contributed by atoms with van der Waals surface area (Å²) in [6, 6.07) is 9.39. The van der Waals surface area contributed by atoms with Gasteiger partial charge in [-0.05, 0) is 37.4 Å². The number of hydrogen-bond acceptors (Lipinski definition) is 3. The van der Waals surface area contributed by atoms with Gasteiger partial charge in [0.2, 0.25) is 5.91 Å². The summed E-state index contributed by atoms with van der Waals surface area (Å²) in [6.07, 6.45) is 3.40. The lowest BCUT2D eigenvalue weighted by Gasteiger charge is -2.36. The first kappa shape index (κ1) is 14.4.